The smallest absolute Gasteiger partial charge is 0.293 e. The molecule has 132 valence electrons. The molecule has 3 heterocycles. The molecule has 3 rings (SSSR count). The quantitative estimate of drug-likeness (QED) is 0.863. The molecule has 25 heavy (non-hydrogen) atoms. The van der Waals surface area contributed by atoms with Crippen LogP contribution >= 0.6 is 11.6 Å². The van der Waals surface area contributed by atoms with Gasteiger partial charge < -0.3 is 19.5 Å². The third-order valence-corrected chi connectivity index (χ3v) is 4.24. The predicted octanol–water partition coefficient (Wildman–Crippen LogP) is 0.782. The van der Waals surface area contributed by atoms with E-state index in [1.807, 2.05) is 0 Å². The van der Waals surface area contributed by atoms with E-state index < -0.39 is 0 Å². The third kappa shape index (κ3) is 3.97. The van der Waals surface area contributed by atoms with Gasteiger partial charge in [-0.2, -0.15) is 0 Å². The highest BCUT2D eigenvalue weighted by Crippen LogP contribution is 2.17. The Morgan fingerprint density at radius 2 is 2.32 bits per heavy atom. The van der Waals surface area contributed by atoms with E-state index in [0.29, 0.717) is 36.8 Å². The Kier molecular flexibility index (Phi) is 5.30. The van der Waals surface area contributed by atoms with Gasteiger partial charge in [0.25, 0.3) is 11.5 Å². The van der Waals surface area contributed by atoms with E-state index in [1.165, 1.54) is 17.0 Å². The number of aromatic nitrogens is 3. The molecule has 1 fully saturated rings. The molecule has 0 bridgehead atoms. The van der Waals surface area contributed by atoms with Gasteiger partial charge in [-0.15, -0.1) is 0 Å². The van der Waals surface area contributed by atoms with Gasteiger partial charge in [-0.3, -0.25) is 14.6 Å². The summed E-state index contributed by atoms with van der Waals surface area (Å²) in [5, 5.41) is 3.32. The SMILES string of the molecule is Cn1ccnc(NCC2CN(C(=O)c3ccncc3Cl)CCO2)c1=O. The molecule has 9 heteroatoms. The number of rotatable bonds is 4. The van der Waals surface area contributed by atoms with Crippen molar-refractivity contribution in [3.63, 3.8) is 0 Å². The van der Waals surface area contributed by atoms with Crippen molar-refractivity contribution in [2.75, 3.05) is 31.6 Å². The van der Waals surface area contributed by atoms with Crippen LogP contribution in [0.3, 0.4) is 0 Å². The van der Waals surface area contributed by atoms with Crippen LogP contribution in [0.4, 0.5) is 5.82 Å². The fourth-order valence-corrected chi connectivity index (χ4v) is 2.78. The Bertz CT molecular complexity index is 825. The van der Waals surface area contributed by atoms with Crippen molar-refractivity contribution in [2.24, 2.45) is 7.05 Å². The van der Waals surface area contributed by atoms with E-state index >= 15 is 0 Å². The summed E-state index contributed by atoms with van der Waals surface area (Å²) in [6.45, 7) is 1.68. The molecule has 1 saturated heterocycles. The van der Waals surface area contributed by atoms with Crippen molar-refractivity contribution in [1.82, 2.24) is 19.4 Å². The maximum absolute atomic E-state index is 12.6. The fourth-order valence-electron chi connectivity index (χ4n) is 2.58. The molecule has 0 aliphatic carbocycles. The molecule has 2 aromatic rings. The first kappa shape index (κ1) is 17.4. The molecule has 1 N–H and O–H groups in total. The van der Waals surface area contributed by atoms with E-state index in [-0.39, 0.29) is 23.4 Å². The Labute approximate surface area is 149 Å². The molecule has 1 unspecified atom stereocenters. The number of hydrogen-bond acceptors (Lipinski definition) is 6. The molecule has 0 saturated carbocycles. The van der Waals surface area contributed by atoms with Crippen LogP contribution in [0.5, 0.6) is 0 Å². The fraction of sp³-hybridized carbons (Fsp3) is 0.375. The molecule has 0 spiro atoms. The maximum Gasteiger partial charge on any atom is 0.293 e. The van der Waals surface area contributed by atoms with Crippen molar-refractivity contribution in [1.29, 1.82) is 0 Å². The lowest BCUT2D eigenvalue weighted by Crippen LogP contribution is -2.48. The van der Waals surface area contributed by atoms with Crippen LogP contribution in [0, 0.1) is 0 Å². The molecule has 0 aromatic carbocycles. The Morgan fingerprint density at radius 3 is 3.12 bits per heavy atom. The van der Waals surface area contributed by atoms with Crippen LogP contribution in [-0.2, 0) is 11.8 Å². The normalized spacial score (nSPS) is 17.4. The first-order valence-electron chi connectivity index (χ1n) is 7.82. The van der Waals surface area contributed by atoms with Gasteiger partial charge in [-0.05, 0) is 6.07 Å². The molecule has 0 radical (unpaired) electrons. The number of nitrogens with one attached hydrogen (secondary N) is 1. The Hall–Kier alpha value is -2.45. The van der Waals surface area contributed by atoms with Crippen LogP contribution in [0.15, 0.2) is 35.6 Å². The van der Waals surface area contributed by atoms with Gasteiger partial charge in [0.05, 0.1) is 23.3 Å². The van der Waals surface area contributed by atoms with E-state index in [2.05, 4.69) is 15.3 Å². The highest BCUT2D eigenvalue weighted by atomic mass is 35.5. The first-order valence-corrected chi connectivity index (χ1v) is 8.20. The minimum atomic E-state index is -0.245. The summed E-state index contributed by atoms with van der Waals surface area (Å²) in [7, 11) is 1.66. The molecule has 8 nitrogen and oxygen atoms in total. The number of aryl methyl sites for hydroxylation is 1. The van der Waals surface area contributed by atoms with Crippen LogP contribution in [-0.4, -0.2) is 57.7 Å². The number of hydrogen-bond donors (Lipinski definition) is 1. The zero-order chi connectivity index (χ0) is 17.8. The van der Waals surface area contributed by atoms with Crippen LogP contribution in [0.25, 0.3) is 0 Å². The Balaban J connectivity index is 1.63. The number of carbonyl (C=O) groups excluding carboxylic acids is 1. The molecule has 2 aromatic heterocycles. The summed E-state index contributed by atoms with van der Waals surface area (Å²) in [6, 6.07) is 1.60. The number of anilines is 1. The number of halogens is 1. The number of nitrogens with zero attached hydrogens (tertiary/aromatic N) is 4. The van der Waals surface area contributed by atoms with Gasteiger partial charge in [-0.25, -0.2) is 4.98 Å². The Morgan fingerprint density at radius 1 is 1.48 bits per heavy atom. The van der Waals surface area contributed by atoms with Gasteiger partial charge in [0.15, 0.2) is 5.82 Å². The number of amides is 1. The summed E-state index contributed by atoms with van der Waals surface area (Å²) in [4.78, 5) is 34.2. The molecular weight excluding hydrogens is 346 g/mol. The van der Waals surface area contributed by atoms with Crippen LogP contribution < -0.4 is 10.9 Å². The lowest BCUT2D eigenvalue weighted by Gasteiger charge is -2.33. The number of pyridine rings is 1. The topological polar surface area (TPSA) is 89.3 Å². The van der Waals surface area contributed by atoms with Crippen molar-refractivity contribution in [3.05, 3.63) is 51.8 Å². The van der Waals surface area contributed by atoms with Gasteiger partial charge in [0.2, 0.25) is 0 Å². The van der Waals surface area contributed by atoms with Crippen molar-refractivity contribution < 1.29 is 9.53 Å². The lowest BCUT2D eigenvalue weighted by atomic mass is 10.2. The molecular formula is C16H18ClN5O3. The molecule has 1 amide bonds. The van der Waals surface area contributed by atoms with Gasteiger partial charge in [0, 0.05) is 51.5 Å². The number of morpholine rings is 1. The summed E-state index contributed by atoms with van der Waals surface area (Å²) in [6.07, 6.45) is 5.88. The lowest BCUT2D eigenvalue weighted by molar-refractivity contribution is -0.0149. The van der Waals surface area contributed by atoms with Crippen molar-refractivity contribution >= 4 is 23.3 Å². The monoisotopic (exact) mass is 363 g/mol. The average Bonchev–Trinajstić information content (AvgIpc) is 2.63. The minimum Gasteiger partial charge on any atom is -0.373 e. The second-order valence-electron chi connectivity index (χ2n) is 5.67. The maximum atomic E-state index is 12.6. The summed E-state index contributed by atoms with van der Waals surface area (Å²) >= 11 is 6.05. The second kappa shape index (κ2) is 7.62. The van der Waals surface area contributed by atoms with E-state index in [4.69, 9.17) is 16.3 Å². The van der Waals surface area contributed by atoms with E-state index in [9.17, 15) is 9.59 Å². The number of carbonyl (C=O) groups is 1. The highest BCUT2D eigenvalue weighted by molar-refractivity contribution is 6.33. The first-order chi connectivity index (χ1) is 12.1. The van der Waals surface area contributed by atoms with E-state index in [0.717, 1.165) is 0 Å². The van der Waals surface area contributed by atoms with E-state index in [1.54, 1.807) is 30.4 Å². The summed E-state index contributed by atoms with van der Waals surface area (Å²) in [5.41, 5.74) is 0.207. The largest absolute Gasteiger partial charge is 0.373 e. The van der Waals surface area contributed by atoms with Crippen molar-refractivity contribution in [3.8, 4) is 0 Å². The van der Waals surface area contributed by atoms with Gasteiger partial charge in [0.1, 0.15) is 0 Å². The highest BCUT2D eigenvalue weighted by Gasteiger charge is 2.26. The summed E-state index contributed by atoms with van der Waals surface area (Å²) in [5.74, 6) is 0.101. The predicted molar refractivity (Wildman–Crippen MR) is 92.9 cm³/mol. The molecule has 1 aliphatic heterocycles. The zero-order valence-electron chi connectivity index (χ0n) is 13.7. The number of ether oxygens (including phenoxy) is 1. The third-order valence-electron chi connectivity index (χ3n) is 3.94. The minimum absolute atomic E-state index is 0.158. The van der Waals surface area contributed by atoms with Crippen LogP contribution in [0.1, 0.15) is 10.4 Å². The van der Waals surface area contributed by atoms with Crippen LogP contribution in [0.2, 0.25) is 5.02 Å². The van der Waals surface area contributed by atoms with Gasteiger partial charge >= 0.3 is 0 Å². The standard InChI is InChI=1S/C16H18ClN5O3/c1-21-5-4-19-14(16(21)24)20-8-11-10-22(6-7-25-11)15(23)12-2-3-18-9-13(12)17/h2-5,9,11H,6-8,10H2,1H3,(H,19,20). The van der Waals surface area contributed by atoms with Gasteiger partial charge in [-0.1, -0.05) is 11.6 Å². The molecule has 1 atom stereocenters. The second-order valence-corrected chi connectivity index (χ2v) is 6.08. The summed E-state index contributed by atoms with van der Waals surface area (Å²) < 4.78 is 7.12. The molecule has 1 aliphatic rings. The van der Waals surface area contributed by atoms with Crippen molar-refractivity contribution in [2.45, 2.75) is 6.10 Å². The average molecular weight is 364 g/mol. The zero-order valence-corrected chi connectivity index (χ0v) is 14.4.